The summed E-state index contributed by atoms with van der Waals surface area (Å²) in [5, 5.41) is 4.61. The van der Waals surface area contributed by atoms with Crippen LogP contribution in [0.3, 0.4) is 0 Å². The first kappa shape index (κ1) is 29.0. The number of hydrogen-bond acceptors (Lipinski definition) is 3. The Morgan fingerprint density at radius 1 is 0.825 bits per heavy atom. The number of pyridine rings is 1. The van der Waals surface area contributed by atoms with Crippen LogP contribution in [0.15, 0.2) is 67.0 Å². The van der Waals surface area contributed by atoms with E-state index < -0.39 is 0 Å². The number of carbonyl (C=O) groups is 1. The molecule has 0 radical (unpaired) electrons. The van der Waals surface area contributed by atoms with Crippen molar-refractivity contribution < 1.29 is 4.79 Å². The Bertz CT molecular complexity index is 1230. The van der Waals surface area contributed by atoms with Crippen molar-refractivity contribution in [3.05, 3.63) is 82.6 Å². The van der Waals surface area contributed by atoms with Gasteiger partial charge in [0.1, 0.15) is 0 Å². The van der Waals surface area contributed by atoms with Gasteiger partial charge in [-0.25, -0.2) is 0 Å². The fourth-order valence-corrected chi connectivity index (χ4v) is 6.92. The van der Waals surface area contributed by atoms with E-state index in [0.29, 0.717) is 16.1 Å². The highest BCUT2D eigenvalue weighted by Gasteiger charge is 2.23. The number of unbranched alkanes of at least 4 members (excludes halogenated alkanes) is 1. The van der Waals surface area contributed by atoms with E-state index in [4.69, 9.17) is 23.2 Å². The van der Waals surface area contributed by atoms with Crippen LogP contribution in [0.2, 0.25) is 10.0 Å². The molecule has 3 aromatic rings. The van der Waals surface area contributed by atoms with Crippen LogP contribution in [-0.2, 0) is 0 Å². The second kappa shape index (κ2) is 14.4. The van der Waals surface area contributed by atoms with Gasteiger partial charge in [-0.05, 0) is 98.2 Å². The summed E-state index contributed by atoms with van der Waals surface area (Å²) in [7, 11) is 0. The summed E-state index contributed by atoms with van der Waals surface area (Å²) in [6.07, 6.45) is 17.3. The minimum atomic E-state index is 0.0424. The van der Waals surface area contributed by atoms with E-state index in [2.05, 4.69) is 21.3 Å². The lowest BCUT2D eigenvalue weighted by Crippen LogP contribution is -2.37. The molecule has 1 aromatic heterocycles. The van der Waals surface area contributed by atoms with Gasteiger partial charge in [0.2, 0.25) is 0 Å². The summed E-state index contributed by atoms with van der Waals surface area (Å²) < 4.78 is 0. The lowest BCUT2D eigenvalue weighted by Gasteiger charge is -2.29. The number of carbonyl (C=O) groups excluding carboxylic acids is 1. The van der Waals surface area contributed by atoms with Crippen molar-refractivity contribution in [1.29, 1.82) is 0 Å². The lowest BCUT2D eigenvalue weighted by atomic mass is 9.82. The monoisotopic (exact) mass is 577 g/mol. The molecule has 2 aromatic carbocycles. The van der Waals surface area contributed by atoms with E-state index in [0.717, 1.165) is 60.1 Å². The Hall–Kier alpha value is -2.56. The molecule has 2 aliphatic rings. The van der Waals surface area contributed by atoms with Crippen LogP contribution < -0.4 is 10.2 Å². The zero-order valence-corrected chi connectivity index (χ0v) is 24.8. The molecule has 1 aliphatic carbocycles. The molecule has 5 rings (SSSR count). The first-order valence-corrected chi connectivity index (χ1v) is 15.8. The van der Waals surface area contributed by atoms with E-state index in [1.165, 1.54) is 57.8 Å². The zero-order valence-electron chi connectivity index (χ0n) is 23.3. The van der Waals surface area contributed by atoms with Crippen molar-refractivity contribution in [3.63, 3.8) is 0 Å². The summed E-state index contributed by atoms with van der Waals surface area (Å²) in [5.74, 6) is 1.66. The average molecular weight is 579 g/mol. The predicted octanol–water partition coefficient (Wildman–Crippen LogP) is 9.21. The van der Waals surface area contributed by atoms with Gasteiger partial charge in [-0.1, -0.05) is 73.2 Å². The fourth-order valence-electron chi connectivity index (χ4n) is 6.51. The van der Waals surface area contributed by atoms with E-state index in [9.17, 15) is 4.79 Å². The minimum absolute atomic E-state index is 0.0424. The third-order valence-corrected chi connectivity index (χ3v) is 9.73. The molecule has 2 heterocycles. The standard InChI is InChI=1S/C34H41Cl2N3O/c35-31-10-3-11-32(33(31)36)39-22-5-8-25(20-23-39)6-1-2-7-26-12-18-30(19-13-26)38-34(40)28-16-14-27(15-17-28)29-9-4-21-37-24-29/h3-4,9-11,14-17,21,24-26,30H,1-2,5-8,12-13,18-20,22-23H2,(H,38,40). The Labute approximate surface area is 249 Å². The Kier molecular flexibility index (Phi) is 10.4. The van der Waals surface area contributed by atoms with E-state index in [-0.39, 0.29) is 5.91 Å². The summed E-state index contributed by atoms with van der Waals surface area (Å²) in [6, 6.07) is 18.0. The number of nitrogens with one attached hydrogen (secondary N) is 1. The van der Waals surface area contributed by atoms with Crippen LogP contribution in [-0.4, -0.2) is 30.0 Å². The summed E-state index contributed by atoms with van der Waals surface area (Å²) in [4.78, 5) is 19.4. The maximum Gasteiger partial charge on any atom is 0.251 e. The van der Waals surface area contributed by atoms with Crippen molar-refractivity contribution in [2.24, 2.45) is 11.8 Å². The lowest BCUT2D eigenvalue weighted by molar-refractivity contribution is 0.0921. The highest BCUT2D eigenvalue weighted by molar-refractivity contribution is 6.43. The van der Waals surface area contributed by atoms with Crippen molar-refractivity contribution in [1.82, 2.24) is 10.3 Å². The summed E-state index contributed by atoms with van der Waals surface area (Å²) >= 11 is 12.7. The number of benzene rings is 2. The molecule has 40 heavy (non-hydrogen) atoms. The molecule has 6 heteroatoms. The average Bonchev–Trinajstić information content (AvgIpc) is 3.24. The van der Waals surface area contributed by atoms with Crippen LogP contribution in [0.25, 0.3) is 11.1 Å². The van der Waals surface area contributed by atoms with E-state index in [1.807, 2.05) is 54.7 Å². The maximum atomic E-state index is 12.8. The maximum absolute atomic E-state index is 12.8. The van der Waals surface area contributed by atoms with Crippen molar-refractivity contribution in [2.75, 3.05) is 18.0 Å². The number of hydrogen-bond donors (Lipinski definition) is 1. The zero-order chi connectivity index (χ0) is 27.7. The molecular formula is C34H41Cl2N3O. The van der Waals surface area contributed by atoms with Gasteiger partial charge in [0.15, 0.2) is 0 Å². The molecule has 1 N–H and O–H groups in total. The van der Waals surface area contributed by atoms with Crippen LogP contribution >= 0.6 is 23.2 Å². The van der Waals surface area contributed by atoms with Gasteiger partial charge in [-0.3, -0.25) is 9.78 Å². The number of amides is 1. The normalized spacial score (nSPS) is 21.6. The van der Waals surface area contributed by atoms with Crippen LogP contribution in [0, 0.1) is 11.8 Å². The highest BCUT2D eigenvalue weighted by atomic mass is 35.5. The molecule has 1 atom stereocenters. The molecule has 1 saturated heterocycles. The number of nitrogens with zero attached hydrogens (tertiary/aromatic N) is 2. The van der Waals surface area contributed by atoms with Gasteiger partial charge in [0.25, 0.3) is 5.91 Å². The first-order chi connectivity index (χ1) is 19.6. The highest BCUT2D eigenvalue weighted by Crippen LogP contribution is 2.35. The van der Waals surface area contributed by atoms with Crippen LogP contribution in [0.4, 0.5) is 5.69 Å². The van der Waals surface area contributed by atoms with Gasteiger partial charge in [0, 0.05) is 37.1 Å². The number of halogens is 2. The largest absolute Gasteiger partial charge is 0.370 e. The third kappa shape index (κ3) is 7.79. The van der Waals surface area contributed by atoms with Gasteiger partial charge < -0.3 is 10.2 Å². The SMILES string of the molecule is O=C(NC1CCC(CCCCC2CCCN(c3cccc(Cl)c3Cl)CC2)CC1)c1ccc(-c2cccnc2)cc1. The fraction of sp³-hybridized carbons (Fsp3) is 0.471. The van der Waals surface area contributed by atoms with Gasteiger partial charge >= 0.3 is 0 Å². The molecule has 1 amide bonds. The van der Waals surface area contributed by atoms with E-state index >= 15 is 0 Å². The molecule has 1 saturated carbocycles. The number of aromatic nitrogens is 1. The number of rotatable bonds is 9. The molecule has 1 aliphatic heterocycles. The Balaban J connectivity index is 0.973. The van der Waals surface area contributed by atoms with Crippen molar-refractivity contribution >= 4 is 34.8 Å². The molecule has 212 valence electrons. The van der Waals surface area contributed by atoms with Gasteiger partial charge in [-0.2, -0.15) is 0 Å². The second-order valence-electron chi connectivity index (χ2n) is 11.7. The molecular weight excluding hydrogens is 537 g/mol. The summed E-state index contributed by atoms with van der Waals surface area (Å²) in [5.41, 5.74) is 3.95. The Morgan fingerprint density at radius 2 is 1.57 bits per heavy atom. The van der Waals surface area contributed by atoms with Crippen molar-refractivity contribution in [2.45, 2.75) is 76.7 Å². The number of anilines is 1. The predicted molar refractivity (Wildman–Crippen MR) is 167 cm³/mol. The molecule has 1 unspecified atom stereocenters. The summed E-state index contributed by atoms with van der Waals surface area (Å²) in [6.45, 7) is 2.13. The van der Waals surface area contributed by atoms with Gasteiger partial charge in [-0.15, -0.1) is 0 Å². The van der Waals surface area contributed by atoms with Crippen LogP contribution in [0.5, 0.6) is 0 Å². The molecule has 4 nitrogen and oxygen atoms in total. The quantitative estimate of drug-likeness (QED) is 0.258. The third-order valence-electron chi connectivity index (χ3n) is 8.92. The Morgan fingerprint density at radius 3 is 2.30 bits per heavy atom. The second-order valence-corrected chi connectivity index (χ2v) is 12.4. The van der Waals surface area contributed by atoms with E-state index in [1.54, 1.807) is 6.20 Å². The smallest absolute Gasteiger partial charge is 0.251 e. The molecule has 0 bridgehead atoms. The van der Waals surface area contributed by atoms with Crippen LogP contribution in [0.1, 0.15) is 81.0 Å². The van der Waals surface area contributed by atoms with Gasteiger partial charge in [0.05, 0.1) is 15.7 Å². The first-order valence-electron chi connectivity index (χ1n) is 15.1. The molecule has 0 spiro atoms. The molecule has 2 fully saturated rings. The minimum Gasteiger partial charge on any atom is -0.370 e. The van der Waals surface area contributed by atoms with Crippen molar-refractivity contribution in [3.8, 4) is 11.1 Å². The topological polar surface area (TPSA) is 45.2 Å².